The van der Waals surface area contributed by atoms with Crippen LogP contribution in [0, 0.1) is 6.92 Å². The van der Waals surface area contributed by atoms with E-state index in [-0.39, 0.29) is 35.5 Å². The van der Waals surface area contributed by atoms with Gasteiger partial charge in [-0.3, -0.25) is 9.59 Å². The molecule has 0 radical (unpaired) electrons. The Morgan fingerprint density at radius 2 is 2.00 bits per heavy atom. The van der Waals surface area contributed by atoms with Gasteiger partial charge in [-0.15, -0.1) is 0 Å². The SMILES string of the molecule is Cc1cc2c(cc1S(=O)(=O)CCC(=O)N1CCCC1)OCC(=O)N2. The Hall–Kier alpha value is -2.09. The second-order valence-corrected chi connectivity index (χ2v) is 8.19. The van der Waals surface area contributed by atoms with Crippen molar-refractivity contribution in [2.75, 3.05) is 30.8 Å². The largest absolute Gasteiger partial charge is 0.482 e. The van der Waals surface area contributed by atoms with E-state index in [1.54, 1.807) is 17.9 Å². The van der Waals surface area contributed by atoms with Crippen molar-refractivity contribution in [1.29, 1.82) is 0 Å². The van der Waals surface area contributed by atoms with Crippen LogP contribution in [-0.4, -0.2) is 50.6 Å². The summed E-state index contributed by atoms with van der Waals surface area (Å²) in [4.78, 5) is 25.3. The number of aryl methyl sites for hydroxylation is 1. The average Bonchev–Trinajstić information content (AvgIpc) is 3.06. The van der Waals surface area contributed by atoms with Gasteiger partial charge in [0.1, 0.15) is 5.75 Å². The number of benzene rings is 1. The number of nitrogens with one attached hydrogen (secondary N) is 1. The van der Waals surface area contributed by atoms with Crippen LogP contribution in [0.25, 0.3) is 0 Å². The van der Waals surface area contributed by atoms with E-state index in [2.05, 4.69) is 5.32 Å². The van der Waals surface area contributed by atoms with Gasteiger partial charge in [-0.1, -0.05) is 0 Å². The zero-order valence-electron chi connectivity index (χ0n) is 13.5. The first-order valence-corrected chi connectivity index (χ1v) is 9.60. The Kier molecular flexibility index (Phi) is 4.49. The van der Waals surface area contributed by atoms with Gasteiger partial charge in [0.2, 0.25) is 5.91 Å². The lowest BCUT2D eigenvalue weighted by Crippen LogP contribution is -2.29. The molecule has 130 valence electrons. The van der Waals surface area contributed by atoms with Crippen LogP contribution in [0.1, 0.15) is 24.8 Å². The summed E-state index contributed by atoms with van der Waals surface area (Å²) in [6, 6.07) is 3.02. The van der Waals surface area contributed by atoms with E-state index >= 15 is 0 Å². The van der Waals surface area contributed by atoms with Crippen molar-refractivity contribution in [1.82, 2.24) is 4.90 Å². The monoisotopic (exact) mass is 352 g/mol. The lowest BCUT2D eigenvalue weighted by atomic mass is 10.2. The first-order valence-electron chi connectivity index (χ1n) is 7.95. The molecule has 1 N–H and O–H groups in total. The van der Waals surface area contributed by atoms with E-state index in [1.165, 1.54) is 6.07 Å². The van der Waals surface area contributed by atoms with Crippen LogP contribution >= 0.6 is 0 Å². The van der Waals surface area contributed by atoms with Crippen molar-refractivity contribution in [2.24, 2.45) is 0 Å². The van der Waals surface area contributed by atoms with Crippen LogP contribution in [0.3, 0.4) is 0 Å². The van der Waals surface area contributed by atoms with Gasteiger partial charge in [-0.2, -0.15) is 0 Å². The van der Waals surface area contributed by atoms with Gasteiger partial charge in [-0.25, -0.2) is 8.42 Å². The van der Waals surface area contributed by atoms with Crippen molar-refractivity contribution in [3.63, 3.8) is 0 Å². The maximum Gasteiger partial charge on any atom is 0.262 e. The fourth-order valence-corrected chi connectivity index (χ4v) is 4.51. The third-order valence-corrected chi connectivity index (χ3v) is 6.14. The molecule has 1 fully saturated rings. The van der Waals surface area contributed by atoms with E-state index < -0.39 is 9.84 Å². The van der Waals surface area contributed by atoms with Gasteiger partial charge in [0.25, 0.3) is 5.91 Å². The van der Waals surface area contributed by atoms with Crippen molar-refractivity contribution in [2.45, 2.75) is 31.1 Å². The number of hydrogen-bond acceptors (Lipinski definition) is 5. The number of fused-ring (bicyclic) bond motifs is 1. The molecular weight excluding hydrogens is 332 g/mol. The summed E-state index contributed by atoms with van der Waals surface area (Å²) in [5.41, 5.74) is 0.990. The number of ether oxygens (including phenoxy) is 1. The number of nitrogens with zero attached hydrogens (tertiary/aromatic N) is 1. The molecule has 2 aliphatic rings. The number of rotatable bonds is 4. The maximum atomic E-state index is 12.6. The summed E-state index contributed by atoms with van der Waals surface area (Å²) in [5, 5.41) is 2.65. The summed E-state index contributed by atoms with van der Waals surface area (Å²) in [6.45, 7) is 2.95. The van der Waals surface area contributed by atoms with Gasteiger partial charge in [0, 0.05) is 25.6 Å². The van der Waals surface area contributed by atoms with Gasteiger partial charge in [0.15, 0.2) is 16.4 Å². The highest BCUT2D eigenvalue weighted by molar-refractivity contribution is 7.91. The molecule has 0 unspecified atom stereocenters. The highest BCUT2D eigenvalue weighted by Crippen LogP contribution is 2.33. The van der Waals surface area contributed by atoms with Crippen molar-refractivity contribution < 1.29 is 22.7 Å². The van der Waals surface area contributed by atoms with E-state index in [4.69, 9.17) is 4.74 Å². The van der Waals surface area contributed by atoms with Gasteiger partial charge < -0.3 is 15.0 Å². The van der Waals surface area contributed by atoms with E-state index in [0.717, 1.165) is 12.8 Å². The van der Waals surface area contributed by atoms with Crippen molar-refractivity contribution >= 4 is 27.3 Å². The third kappa shape index (κ3) is 3.38. The fourth-order valence-electron chi connectivity index (χ4n) is 3.01. The Morgan fingerprint density at radius 1 is 1.29 bits per heavy atom. The lowest BCUT2D eigenvalue weighted by molar-refractivity contribution is -0.129. The fraction of sp³-hybridized carbons (Fsp3) is 0.500. The number of hydrogen-bond donors (Lipinski definition) is 1. The van der Waals surface area contributed by atoms with Crippen LogP contribution in [0.2, 0.25) is 0 Å². The third-order valence-electron chi connectivity index (χ3n) is 4.29. The standard InChI is InChI=1S/C16H20N2O5S/c1-11-8-12-13(23-10-15(19)17-12)9-14(11)24(21,22)7-4-16(20)18-5-2-3-6-18/h8-9H,2-7,10H2,1H3,(H,17,19). The molecule has 0 saturated carbocycles. The Morgan fingerprint density at radius 3 is 2.71 bits per heavy atom. The second-order valence-electron chi connectivity index (χ2n) is 6.11. The van der Waals surface area contributed by atoms with Gasteiger partial charge in [0.05, 0.1) is 16.3 Å². The predicted molar refractivity (Wildman–Crippen MR) is 87.8 cm³/mol. The normalized spacial score (nSPS) is 17.2. The molecule has 8 heteroatoms. The molecule has 2 aliphatic heterocycles. The Balaban J connectivity index is 1.77. The second kappa shape index (κ2) is 6.43. The summed E-state index contributed by atoms with van der Waals surface area (Å²) in [5.74, 6) is -0.275. The molecule has 3 rings (SSSR count). The first-order chi connectivity index (χ1) is 11.4. The summed E-state index contributed by atoms with van der Waals surface area (Å²) < 4.78 is 30.5. The minimum Gasteiger partial charge on any atom is -0.482 e. The van der Waals surface area contributed by atoms with Gasteiger partial charge in [-0.05, 0) is 31.4 Å². The molecule has 1 aromatic rings. The number of carbonyl (C=O) groups is 2. The molecule has 0 aromatic heterocycles. The quantitative estimate of drug-likeness (QED) is 0.876. The summed E-state index contributed by atoms with van der Waals surface area (Å²) in [7, 11) is -3.60. The highest BCUT2D eigenvalue weighted by atomic mass is 32.2. The molecule has 2 amide bonds. The van der Waals surface area contributed by atoms with E-state index in [1.807, 2.05) is 0 Å². The van der Waals surface area contributed by atoms with E-state index in [0.29, 0.717) is 30.1 Å². The molecule has 7 nitrogen and oxygen atoms in total. The first kappa shape index (κ1) is 16.8. The Labute approximate surface area is 140 Å². The number of amides is 2. The smallest absolute Gasteiger partial charge is 0.262 e. The van der Waals surface area contributed by atoms with Crippen LogP contribution < -0.4 is 10.1 Å². The highest BCUT2D eigenvalue weighted by Gasteiger charge is 2.25. The number of anilines is 1. The summed E-state index contributed by atoms with van der Waals surface area (Å²) >= 11 is 0. The molecular formula is C16H20N2O5S. The average molecular weight is 352 g/mol. The minimum absolute atomic E-state index is 0.0174. The summed E-state index contributed by atoms with van der Waals surface area (Å²) in [6.07, 6.45) is 1.94. The van der Waals surface area contributed by atoms with E-state index in [9.17, 15) is 18.0 Å². The van der Waals surface area contributed by atoms with Crippen molar-refractivity contribution in [3.8, 4) is 5.75 Å². The van der Waals surface area contributed by atoms with Crippen LogP contribution in [0.4, 0.5) is 5.69 Å². The molecule has 1 aromatic carbocycles. The molecule has 0 spiro atoms. The van der Waals surface area contributed by atoms with Crippen LogP contribution in [-0.2, 0) is 19.4 Å². The minimum atomic E-state index is -3.60. The molecule has 2 heterocycles. The zero-order valence-corrected chi connectivity index (χ0v) is 14.3. The molecule has 0 aliphatic carbocycles. The molecule has 0 bridgehead atoms. The maximum absolute atomic E-state index is 12.6. The molecule has 1 saturated heterocycles. The molecule has 0 atom stereocenters. The Bertz CT molecular complexity index is 782. The number of likely N-dealkylation sites (tertiary alicyclic amines) is 1. The zero-order chi connectivity index (χ0) is 17.3. The number of carbonyl (C=O) groups excluding carboxylic acids is 2. The van der Waals surface area contributed by atoms with Gasteiger partial charge >= 0.3 is 0 Å². The van der Waals surface area contributed by atoms with Crippen LogP contribution in [0.15, 0.2) is 17.0 Å². The lowest BCUT2D eigenvalue weighted by Gasteiger charge is -2.20. The predicted octanol–water partition coefficient (Wildman–Crippen LogP) is 1.11. The number of sulfone groups is 1. The topological polar surface area (TPSA) is 92.8 Å². The van der Waals surface area contributed by atoms with Crippen LogP contribution in [0.5, 0.6) is 5.75 Å². The molecule has 24 heavy (non-hydrogen) atoms. The van der Waals surface area contributed by atoms with Crippen molar-refractivity contribution in [3.05, 3.63) is 17.7 Å².